The third kappa shape index (κ3) is 3.79. The van der Waals surface area contributed by atoms with Gasteiger partial charge in [0.1, 0.15) is 17.3 Å². The fourth-order valence-electron chi connectivity index (χ4n) is 2.83. The Morgan fingerprint density at radius 3 is 2.40 bits per heavy atom. The van der Waals surface area contributed by atoms with Crippen molar-refractivity contribution in [1.29, 1.82) is 0 Å². The van der Waals surface area contributed by atoms with Crippen LogP contribution in [0, 0.1) is 15.9 Å². The van der Waals surface area contributed by atoms with Gasteiger partial charge < -0.3 is 9.47 Å². The van der Waals surface area contributed by atoms with Gasteiger partial charge >= 0.3 is 5.97 Å². The third-order valence-corrected chi connectivity index (χ3v) is 4.33. The summed E-state index contributed by atoms with van der Waals surface area (Å²) in [6, 6.07) is 14.9. The molecule has 0 N–H and O–H groups in total. The summed E-state index contributed by atoms with van der Waals surface area (Å²) in [5.41, 5.74) is 0.891. The molecule has 0 atom stereocenters. The van der Waals surface area contributed by atoms with Gasteiger partial charge in [-0.1, -0.05) is 12.1 Å². The van der Waals surface area contributed by atoms with Crippen LogP contribution in [0.15, 0.2) is 72.5 Å². The minimum Gasteiger partial charge on any atom is -0.452 e. The summed E-state index contributed by atoms with van der Waals surface area (Å²) in [5.74, 6) is -1.01. The molecule has 0 saturated heterocycles. The van der Waals surface area contributed by atoms with Gasteiger partial charge in [0.15, 0.2) is 5.76 Å². The van der Waals surface area contributed by atoms with Crippen molar-refractivity contribution in [2.45, 2.75) is 0 Å². The number of non-ortho nitro benzene ring substituents is 1. The second-order valence-corrected chi connectivity index (χ2v) is 6.34. The van der Waals surface area contributed by atoms with Gasteiger partial charge in [0.25, 0.3) is 5.69 Å². The van der Waals surface area contributed by atoms with Gasteiger partial charge in [0.2, 0.25) is 5.78 Å². The predicted molar refractivity (Wildman–Crippen MR) is 104 cm³/mol. The van der Waals surface area contributed by atoms with E-state index in [1.165, 1.54) is 72.8 Å². The number of fused-ring (bicyclic) bond motifs is 1. The van der Waals surface area contributed by atoms with Crippen molar-refractivity contribution in [2.75, 3.05) is 0 Å². The molecule has 0 spiro atoms. The van der Waals surface area contributed by atoms with E-state index in [4.69, 9.17) is 9.47 Å². The number of benzene rings is 3. The predicted octanol–water partition coefficient (Wildman–Crippen LogP) is 4.57. The quantitative estimate of drug-likeness (QED) is 0.207. The second-order valence-electron chi connectivity index (χ2n) is 6.34. The van der Waals surface area contributed by atoms with Crippen LogP contribution in [0.25, 0.3) is 6.08 Å². The average Bonchev–Trinajstić information content (AvgIpc) is 3.04. The number of hydrogen-bond donors (Lipinski definition) is 0. The van der Waals surface area contributed by atoms with E-state index in [0.717, 1.165) is 0 Å². The molecule has 0 radical (unpaired) electrons. The number of rotatable bonds is 4. The molecule has 148 valence electrons. The molecule has 0 unspecified atom stereocenters. The molecule has 0 fully saturated rings. The molecule has 1 aliphatic rings. The van der Waals surface area contributed by atoms with E-state index in [0.29, 0.717) is 11.1 Å². The Hall–Kier alpha value is -4.33. The number of carbonyl (C=O) groups is 2. The molecule has 3 aromatic rings. The van der Waals surface area contributed by atoms with Gasteiger partial charge in [-0.25, -0.2) is 9.18 Å². The highest BCUT2D eigenvalue weighted by Crippen LogP contribution is 2.35. The first-order valence-corrected chi connectivity index (χ1v) is 8.71. The van der Waals surface area contributed by atoms with Crippen molar-refractivity contribution in [2.24, 2.45) is 0 Å². The number of allylic oxidation sites excluding steroid dienone is 1. The smallest absolute Gasteiger partial charge is 0.343 e. The highest BCUT2D eigenvalue weighted by molar-refractivity contribution is 6.14. The van der Waals surface area contributed by atoms with Crippen molar-refractivity contribution in [3.8, 4) is 11.5 Å². The topological polar surface area (TPSA) is 95.7 Å². The molecule has 0 aromatic heterocycles. The Morgan fingerprint density at radius 2 is 1.73 bits per heavy atom. The number of esters is 1. The minimum absolute atomic E-state index is 0.0652. The number of ketones is 1. The van der Waals surface area contributed by atoms with Crippen LogP contribution in [-0.4, -0.2) is 16.7 Å². The van der Waals surface area contributed by atoms with Gasteiger partial charge in [0, 0.05) is 18.2 Å². The fraction of sp³-hybridized carbons (Fsp3) is 0. The number of nitro groups is 1. The van der Waals surface area contributed by atoms with E-state index >= 15 is 0 Å². The van der Waals surface area contributed by atoms with Gasteiger partial charge in [-0.2, -0.15) is 0 Å². The maximum atomic E-state index is 13.0. The Kier molecular flexibility index (Phi) is 4.81. The van der Waals surface area contributed by atoms with E-state index < -0.39 is 16.7 Å². The van der Waals surface area contributed by atoms with Crippen LogP contribution in [0.5, 0.6) is 11.5 Å². The molecule has 1 aliphatic heterocycles. The van der Waals surface area contributed by atoms with Crippen molar-refractivity contribution < 1.29 is 28.4 Å². The van der Waals surface area contributed by atoms with Crippen LogP contribution in [-0.2, 0) is 0 Å². The standard InChI is InChI=1S/C22H12FNO6/c23-15-5-1-13(2-6-15)11-20-21(25)18-10-9-17(12-19(18)30-20)29-22(26)14-3-7-16(8-4-14)24(27)28/h1-12H/b20-11-. The largest absolute Gasteiger partial charge is 0.452 e. The molecule has 0 amide bonds. The van der Waals surface area contributed by atoms with Crippen molar-refractivity contribution in [3.63, 3.8) is 0 Å². The Balaban J connectivity index is 1.51. The van der Waals surface area contributed by atoms with Gasteiger partial charge in [-0.05, 0) is 48.0 Å². The van der Waals surface area contributed by atoms with Crippen LogP contribution >= 0.6 is 0 Å². The number of hydrogen-bond acceptors (Lipinski definition) is 6. The highest BCUT2D eigenvalue weighted by Gasteiger charge is 2.28. The number of carbonyl (C=O) groups excluding carboxylic acids is 2. The number of nitro benzene ring substituents is 1. The summed E-state index contributed by atoms with van der Waals surface area (Å²) in [6.45, 7) is 0. The summed E-state index contributed by atoms with van der Waals surface area (Å²) < 4.78 is 23.9. The number of Topliss-reactive ketones (excluding diaryl/α,β-unsaturated/α-hetero) is 1. The van der Waals surface area contributed by atoms with Crippen molar-refractivity contribution >= 4 is 23.5 Å². The number of halogens is 1. The van der Waals surface area contributed by atoms with Crippen LogP contribution in [0.4, 0.5) is 10.1 Å². The van der Waals surface area contributed by atoms with E-state index in [-0.39, 0.29) is 34.3 Å². The molecule has 0 bridgehead atoms. The lowest BCUT2D eigenvalue weighted by atomic mass is 10.1. The lowest BCUT2D eigenvalue weighted by Gasteiger charge is -2.05. The zero-order valence-corrected chi connectivity index (χ0v) is 15.2. The van der Waals surface area contributed by atoms with E-state index in [1.807, 2.05) is 0 Å². The SMILES string of the molecule is O=C(Oc1ccc2c(c1)O/C(=C\c1ccc(F)cc1)C2=O)c1ccc([N+](=O)[O-])cc1. The van der Waals surface area contributed by atoms with Crippen molar-refractivity contribution in [3.05, 3.63) is 105 Å². The molecule has 3 aromatic carbocycles. The van der Waals surface area contributed by atoms with Gasteiger partial charge in [-0.3, -0.25) is 14.9 Å². The van der Waals surface area contributed by atoms with Crippen LogP contribution in [0.2, 0.25) is 0 Å². The highest BCUT2D eigenvalue weighted by atomic mass is 19.1. The monoisotopic (exact) mass is 405 g/mol. The molecule has 8 heteroatoms. The average molecular weight is 405 g/mol. The summed E-state index contributed by atoms with van der Waals surface area (Å²) in [7, 11) is 0. The zero-order chi connectivity index (χ0) is 21.3. The third-order valence-electron chi connectivity index (χ3n) is 4.33. The molecule has 4 rings (SSSR count). The number of nitrogens with zero attached hydrogens (tertiary/aromatic N) is 1. The van der Waals surface area contributed by atoms with Crippen LogP contribution in [0.1, 0.15) is 26.3 Å². The first-order chi connectivity index (χ1) is 14.4. The zero-order valence-electron chi connectivity index (χ0n) is 15.2. The first-order valence-electron chi connectivity index (χ1n) is 8.71. The minimum atomic E-state index is -0.712. The number of ether oxygens (including phenoxy) is 2. The normalized spacial score (nSPS) is 13.6. The Labute approximate surface area is 169 Å². The van der Waals surface area contributed by atoms with Crippen molar-refractivity contribution in [1.82, 2.24) is 0 Å². The van der Waals surface area contributed by atoms with Crippen LogP contribution in [0.3, 0.4) is 0 Å². The molecule has 0 saturated carbocycles. The molecule has 0 aliphatic carbocycles. The molecule has 1 heterocycles. The summed E-state index contributed by atoms with van der Waals surface area (Å²) >= 11 is 0. The Morgan fingerprint density at radius 1 is 1.03 bits per heavy atom. The van der Waals surface area contributed by atoms with E-state index in [2.05, 4.69) is 0 Å². The molecule has 30 heavy (non-hydrogen) atoms. The maximum Gasteiger partial charge on any atom is 0.343 e. The summed E-state index contributed by atoms with van der Waals surface area (Å²) in [5, 5.41) is 10.7. The Bertz CT molecular complexity index is 1200. The molecular formula is C22H12FNO6. The maximum absolute atomic E-state index is 13.0. The van der Waals surface area contributed by atoms with Crippen LogP contribution < -0.4 is 9.47 Å². The lowest BCUT2D eigenvalue weighted by molar-refractivity contribution is -0.384. The molecular weight excluding hydrogens is 393 g/mol. The summed E-state index contributed by atoms with van der Waals surface area (Å²) in [4.78, 5) is 34.9. The summed E-state index contributed by atoms with van der Waals surface area (Å²) in [6.07, 6.45) is 1.49. The van der Waals surface area contributed by atoms with Gasteiger partial charge in [-0.15, -0.1) is 0 Å². The fourth-order valence-corrected chi connectivity index (χ4v) is 2.83. The van der Waals surface area contributed by atoms with E-state index in [1.54, 1.807) is 0 Å². The first kappa shape index (κ1) is 19.0. The lowest BCUT2D eigenvalue weighted by Crippen LogP contribution is -2.08. The van der Waals surface area contributed by atoms with Gasteiger partial charge in [0.05, 0.1) is 16.1 Å². The molecule has 7 nitrogen and oxygen atoms in total. The second kappa shape index (κ2) is 7.59. The van der Waals surface area contributed by atoms with E-state index in [9.17, 15) is 24.1 Å².